The molecule has 0 aromatic carbocycles. The molecule has 0 saturated carbocycles. The standard InChI is InChI=1S/C31H62O8/c1-5-6-7-8-9-10-11-12-13-14-19-30-29(38-26-35-4)20-21-31(39-30)28(37-25-34-3)18-16-15-17-27(22-23-32)36-24-33-2/h27-32H,5-26H2,1-4H3/t27-,28+,29+,30+,31+/m0/s1. The Hall–Kier alpha value is -0.320. The summed E-state index contributed by atoms with van der Waals surface area (Å²) in [4.78, 5) is 0. The Morgan fingerprint density at radius 3 is 1.95 bits per heavy atom. The van der Waals surface area contributed by atoms with Crippen molar-refractivity contribution >= 4 is 0 Å². The molecule has 5 atom stereocenters. The second-order valence-electron chi connectivity index (χ2n) is 11.0. The molecule has 1 fully saturated rings. The third kappa shape index (κ3) is 18.7. The number of rotatable bonds is 28. The summed E-state index contributed by atoms with van der Waals surface area (Å²) in [5.41, 5.74) is 0. The highest BCUT2D eigenvalue weighted by Gasteiger charge is 2.36. The molecule has 0 aromatic rings. The van der Waals surface area contributed by atoms with E-state index in [0.717, 1.165) is 51.4 Å². The minimum Gasteiger partial charge on any atom is -0.396 e. The lowest BCUT2D eigenvalue weighted by atomic mass is 9.92. The molecule has 39 heavy (non-hydrogen) atoms. The monoisotopic (exact) mass is 562 g/mol. The first-order chi connectivity index (χ1) is 19.2. The van der Waals surface area contributed by atoms with E-state index in [2.05, 4.69) is 6.92 Å². The fourth-order valence-corrected chi connectivity index (χ4v) is 5.47. The summed E-state index contributed by atoms with van der Waals surface area (Å²) in [6, 6.07) is 0. The Balaban J connectivity index is 2.50. The highest BCUT2D eigenvalue weighted by Crippen LogP contribution is 2.30. The van der Waals surface area contributed by atoms with Gasteiger partial charge in [0.05, 0.1) is 30.5 Å². The molecule has 8 heteroatoms. The highest BCUT2D eigenvalue weighted by molar-refractivity contribution is 4.84. The summed E-state index contributed by atoms with van der Waals surface area (Å²) < 4.78 is 40.0. The number of unbranched alkanes of at least 4 members (excludes halogenated alkanes) is 10. The maximum absolute atomic E-state index is 9.31. The molecular formula is C31H62O8. The van der Waals surface area contributed by atoms with Crippen LogP contribution in [0.5, 0.6) is 0 Å². The molecule has 1 rings (SSSR count). The van der Waals surface area contributed by atoms with Crippen LogP contribution in [0.4, 0.5) is 0 Å². The largest absolute Gasteiger partial charge is 0.396 e. The average molecular weight is 563 g/mol. The number of hydrogen-bond donors (Lipinski definition) is 1. The second kappa shape index (κ2) is 26.6. The Morgan fingerprint density at radius 1 is 0.692 bits per heavy atom. The van der Waals surface area contributed by atoms with E-state index in [1.54, 1.807) is 21.3 Å². The van der Waals surface area contributed by atoms with Crippen LogP contribution >= 0.6 is 0 Å². The molecule has 234 valence electrons. The number of hydrogen-bond acceptors (Lipinski definition) is 8. The first-order valence-corrected chi connectivity index (χ1v) is 15.8. The van der Waals surface area contributed by atoms with Crippen molar-refractivity contribution in [1.29, 1.82) is 0 Å². The molecule has 0 aromatic heterocycles. The lowest BCUT2D eigenvalue weighted by Crippen LogP contribution is -2.46. The number of methoxy groups -OCH3 is 3. The summed E-state index contributed by atoms with van der Waals surface area (Å²) in [6.07, 6.45) is 20.7. The van der Waals surface area contributed by atoms with Gasteiger partial charge in [-0.2, -0.15) is 0 Å². The fraction of sp³-hybridized carbons (Fsp3) is 1.00. The van der Waals surface area contributed by atoms with Gasteiger partial charge in [0.15, 0.2) is 0 Å². The topological polar surface area (TPSA) is 84.8 Å². The van der Waals surface area contributed by atoms with Gasteiger partial charge in [-0.1, -0.05) is 84.0 Å². The summed E-state index contributed by atoms with van der Waals surface area (Å²) in [7, 11) is 4.95. The molecule has 0 spiro atoms. The predicted molar refractivity (Wildman–Crippen MR) is 155 cm³/mol. The predicted octanol–water partition coefficient (Wildman–Crippen LogP) is 6.76. The van der Waals surface area contributed by atoms with E-state index in [4.69, 9.17) is 33.2 Å². The number of ether oxygens (including phenoxy) is 7. The lowest BCUT2D eigenvalue weighted by Gasteiger charge is -2.39. The van der Waals surface area contributed by atoms with E-state index in [0.29, 0.717) is 13.2 Å². The van der Waals surface area contributed by atoms with Gasteiger partial charge in [-0.05, 0) is 38.5 Å². The molecule has 0 bridgehead atoms. The SMILES string of the molecule is CCCCCCCCCCCC[C@H]1O[C@@H]([C@@H](CCCC[C@@H](CCO)OCOC)OCOC)CC[C@H]1OCOC. The van der Waals surface area contributed by atoms with Gasteiger partial charge in [-0.15, -0.1) is 0 Å². The van der Waals surface area contributed by atoms with Gasteiger partial charge >= 0.3 is 0 Å². The van der Waals surface area contributed by atoms with Gasteiger partial charge < -0.3 is 38.3 Å². The molecule has 0 unspecified atom stereocenters. The maximum atomic E-state index is 9.31. The second-order valence-corrected chi connectivity index (χ2v) is 11.0. The van der Waals surface area contributed by atoms with Crippen molar-refractivity contribution in [2.75, 3.05) is 48.3 Å². The van der Waals surface area contributed by atoms with Crippen LogP contribution in [0.3, 0.4) is 0 Å². The molecule has 1 heterocycles. The van der Waals surface area contributed by atoms with E-state index >= 15 is 0 Å². The van der Waals surface area contributed by atoms with Crippen molar-refractivity contribution in [1.82, 2.24) is 0 Å². The first-order valence-electron chi connectivity index (χ1n) is 15.8. The molecule has 0 aliphatic carbocycles. The van der Waals surface area contributed by atoms with Crippen LogP contribution in [0.1, 0.15) is 122 Å². The van der Waals surface area contributed by atoms with E-state index in [-0.39, 0.29) is 50.7 Å². The fourth-order valence-electron chi connectivity index (χ4n) is 5.47. The lowest BCUT2D eigenvalue weighted by molar-refractivity contribution is -0.209. The zero-order valence-electron chi connectivity index (χ0n) is 25.7. The Bertz CT molecular complexity index is 509. The Kier molecular flexibility index (Phi) is 25.0. The van der Waals surface area contributed by atoms with Crippen molar-refractivity contribution in [2.24, 2.45) is 0 Å². The summed E-state index contributed by atoms with van der Waals surface area (Å²) in [5.74, 6) is 0. The summed E-state index contributed by atoms with van der Waals surface area (Å²) >= 11 is 0. The van der Waals surface area contributed by atoms with Crippen molar-refractivity contribution in [3.63, 3.8) is 0 Å². The third-order valence-corrected chi connectivity index (χ3v) is 7.69. The molecule has 1 saturated heterocycles. The van der Waals surface area contributed by atoms with Crippen LogP contribution in [-0.2, 0) is 33.2 Å². The third-order valence-electron chi connectivity index (χ3n) is 7.69. The summed E-state index contributed by atoms with van der Waals surface area (Å²) in [5, 5.41) is 9.31. The van der Waals surface area contributed by atoms with Crippen LogP contribution in [0.2, 0.25) is 0 Å². The molecule has 1 aliphatic heterocycles. The Morgan fingerprint density at radius 2 is 1.31 bits per heavy atom. The molecule has 1 N–H and O–H groups in total. The van der Waals surface area contributed by atoms with E-state index < -0.39 is 0 Å². The molecule has 8 nitrogen and oxygen atoms in total. The molecule has 0 amide bonds. The minimum atomic E-state index is -0.0141. The average Bonchev–Trinajstić information content (AvgIpc) is 2.95. The quantitative estimate of drug-likeness (QED) is 0.0827. The Labute approximate surface area is 239 Å². The van der Waals surface area contributed by atoms with Crippen LogP contribution < -0.4 is 0 Å². The van der Waals surface area contributed by atoms with Crippen molar-refractivity contribution < 1.29 is 38.3 Å². The molecular weight excluding hydrogens is 500 g/mol. The zero-order chi connectivity index (χ0) is 28.4. The number of aliphatic hydroxyl groups excluding tert-OH is 1. The van der Waals surface area contributed by atoms with E-state index in [1.807, 2.05) is 0 Å². The van der Waals surface area contributed by atoms with Crippen LogP contribution in [0.25, 0.3) is 0 Å². The molecule has 1 aliphatic rings. The zero-order valence-corrected chi connectivity index (χ0v) is 25.7. The van der Waals surface area contributed by atoms with Gasteiger partial charge in [-0.3, -0.25) is 0 Å². The smallest absolute Gasteiger partial charge is 0.146 e. The van der Waals surface area contributed by atoms with Gasteiger partial charge in [-0.25, -0.2) is 0 Å². The van der Waals surface area contributed by atoms with Gasteiger partial charge in [0.2, 0.25) is 0 Å². The van der Waals surface area contributed by atoms with Gasteiger partial charge in [0, 0.05) is 27.9 Å². The van der Waals surface area contributed by atoms with Crippen molar-refractivity contribution in [3.05, 3.63) is 0 Å². The van der Waals surface area contributed by atoms with Crippen LogP contribution in [0.15, 0.2) is 0 Å². The highest BCUT2D eigenvalue weighted by atomic mass is 16.7. The molecule has 0 radical (unpaired) electrons. The first kappa shape index (κ1) is 36.7. The normalized spacial score (nSPS) is 21.3. The van der Waals surface area contributed by atoms with Crippen molar-refractivity contribution in [3.8, 4) is 0 Å². The van der Waals surface area contributed by atoms with E-state index in [9.17, 15) is 5.11 Å². The number of aliphatic hydroxyl groups is 1. The van der Waals surface area contributed by atoms with Crippen LogP contribution in [0, 0.1) is 0 Å². The van der Waals surface area contributed by atoms with Crippen molar-refractivity contribution in [2.45, 2.75) is 153 Å². The minimum absolute atomic E-state index is 0.0141. The van der Waals surface area contributed by atoms with Gasteiger partial charge in [0.25, 0.3) is 0 Å². The van der Waals surface area contributed by atoms with Gasteiger partial charge in [0.1, 0.15) is 20.4 Å². The maximum Gasteiger partial charge on any atom is 0.146 e. The summed E-state index contributed by atoms with van der Waals surface area (Å²) in [6.45, 7) is 3.22. The van der Waals surface area contributed by atoms with Crippen LogP contribution in [-0.4, -0.2) is 83.9 Å². The van der Waals surface area contributed by atoms with E-state index in [1.165, 1.54) is 57.8 Å².